The molecular weight excluding hydrogens is 314 g/mol. The molecule has 3 aromatic heterocycles. The van der Waals surface area contributed by atoms with Gasteiger partial charge in [0.1, 0.15) is 23.2 Å². The molecule has 0 spiro atoms. The zero-order valence-corrected chi connectivity index (χ0v) is 12.7. The minimum absolute atomic E-state index is 0.112. The van der Waals surface area contributed by atoms with Crippen molar-refractivity contribution in [3.05, 3.63) is 65.5 Å². The van der Waals surface area contributed by atoms with E-state index in [0.717, 1.165) is 12.1 Å². The molecule has 0 saturated carbocycles. The number of halogens is 2. The molecule has 0 aliphatic heterocycles. The highest BCUT2D eigenvalue weighted by Crippen LogP contribution is 2.20. The standard InChI is InChI=1S/C16H12F2N6/c1-9-20-15(23-22-9)14-8-24-5-4-19-16(24)13(21-14)7-10-6-11(17)2-3-12(10)18/h2-6,8H,7H2,1H3,(H,20,22,23). The topological polar surface area (TPSA) is 71.8 Å². The monoisotopic (exact) mass is 326 g/mol. The van der Waals surface area contributed by atoms with E-state index >= 15 is 0 Å². The highest BCUT2D eigenvalue weighted by atomic mass is 19.1. The minimum atomic E-state index is -0.494. The molecule has 0 amide bonds. The predicted octanol–water partition coefficient (Wildman–Crippen LogP) is 2.69. The molecule has 24 heavy (non-hydrogen) atoms. The number of aryl methyl sites for hydroxylation is 1. The molecule has 0 atom stereocenters. The second-order valence-corrected chi connectivity index (χ2v) is 5.39. The Morgan fingerprint density at radius 1 is 1.21 bits per heavy atom. The molecule has 1 N–H and O–H groups in total. The van der Waals surface area contributed by atoms with Gasteiger partial charge < -0.3 is 4.40 Å². The fraction of sp³-hybridized carbons (Fsp3) is 0.125. The van der Waals surface area contributed by atoms with Crippen molar-refractivity contribution >= 4 is 5.65 Å². The van der Waals surface area contributed by atoms with Crippen LogP contribution in [0.4, 0.5) is 8.78 Å². The number of hydrogen-bond donors (Lipinski definition) is 1. The zero-order valence-electron chi connectivity index (χ0n) is 12.7. The zero-order chi connectivity index (χ0) is 16.7. The van der Waals surface area contributed by atoms with Crippen molar-refractivity contribution in [2.24, 2.45) is 0 Å². The first-order valence-corrected chi connectivity index (χ1v) is 7.26. The third-order valence-corrected chi connectivity index (χ3v) is 3.64. The Morgan fingerprint density at radius 3 is 2.88 bits per heavy atom. The second-order valence-electron chi connectivity index (χ2n) is 5.39. The van der Waals surface area contributed by atoms with Crippen LogP contribution in [0.5, 0.6) is 0 Å². The first kappa shape index (κ1) is 14.4. The number of aromatic amines is 1. The Bertz CT molecular complexity index is 1040. The molecule has 6 nitrogen and oxygen atoms in total. The molecule has 0 radical (unpaired) electrons. The van der Waals surface area contributed by atoms with Gasteiger partial charge in [-0.05, 0) is 30.7 Å². The summed E-state index contributed by atoms with van der Waals surface area (Å²) in [6, 6.07) is 3.36. The third kappa shape index (κ3) is 2.51. The van der Waals surface area contributed by atoms with Gasteiger partial charge in [-0.25, -0.2) is 23.7 Å². The summed E-state index contributed by atoms with van der Waals surface area (Å²) >= 11 is 0. The van der Waals surface area contributed by atoms with Crippen molar-refractivity contribution in [2.45, 2.75) is 13.3 Å². The number of nitrogens with one attached hydrogen (secondary N) is 1. The van der Waals surface area contributed by atoms with Gasteiger partial charge in [-0.3, -0.25) is 5.10 Å². The number of hydrogen-bond acceptors (Lipinski definition) is 4. The van der Waals surface area contributed by atoms with Gasteiger partial charge in [0.15, 0.2) is 5.65 Å². The Balaban J connectivity index is 1.84. The molecule has 0 aliphatic carbocycles. The van der Waals surface area contributed by atoms with Gasteiger partial charge in [0.25, 0.3) is 0 Å². The fourth-order valence-corrected chi connectivity index (χ4v) is 2.54. The highest BCUT2D eigenvalue weighted by molar-refractivity contribution is 5.55. The van der Waals surface area contributed by atoms with E-state index < -0.39 is 11.6 Å². The Labute approximate surface area is 135 Å². The van der Waals surface area contributed by atoms with E-state index in [1.165, 1.54) is 6.07 Å². The molecule has 3 heterocycles. The van der Waals surface area contributed by atoms with Crippen molar-refractivity contribution in [2.75, 3.05) is 0 Å². The van der Waals surface area contributed by atoms with Crippen molar-refractivity contribution in [1.29, 1.82) is 0 Å². The van der Waals surface area contributed by atoms with Crippen molar-refractivity contribution < 1.29 is 8.78 Å². The van der Waals surface area contributed by atoms with E-state index in [0.29, 0.717) is 28.7 Å². The van der Waals surface area contributed by atoms with E-state index in [4.69, 9.17) is 0 Å². The number of nitrogens with zero attached hydrogens (tertiary/aromatic N) is 5. The number of rotatable bonds is 3. The van der Waals surface area contributed by atoms with E-state index in [2.05, 4.69) is 25.1 Å². The molecule has 120 valence electrons. The summed E-state index contributed by atoms with van der Waals surface area (Å²) in [4.78, 5) is 13.0. The van der Waals surface area contributed by atoms with Gasteiger partial charge in [0.05, 0.1) is 5.69 Å². The van der Waals surface area contributed by atoms with Gasteiger partial charge in [-0.1, -0.05) is 0 Å². The van der Waals surface area contributed by atoms with Crippen LogP contribution in [-0.2, 0) is 6.42 Å². The SMILES string of the molecule is Cc1nc(-c2cn3ccnc3c(Cc3cc(F)ccc3F)n2)n[nH]1. The third-order valence-electron chi connectivity index (χ3n) is 3.64. The average molecular weight is 326 g/mol. The van der Waals surface area contributed by atoms with Gasteiger partial charge in [0.2, 0.25) is 5.82 Å². The number of imidazole rings is 1. The normalized spacial score (nSPS) is 11.3. The van der Waals surface area contributed by atoms with Gasteiger partial charge in [0, 0.05) is 25.0 Å². The summed E-state index contributed by atoms with van der Waals surface area (Å²) in [6.07, 6.45) is 5.23. The Morgan fingerprint density at radius 2 is 2.08 bits per heavy atom. The number of benzene rings is 1. The van der Waals surface area contributed by atoms with E-state index in [1.807, 2.05) is 0 Å². The quantitative estimate of drug-likeness (QED) is 0.628. The fourth-order valence-electron chi connectivity index (χ4n) is 2.54. The summed E-state index contributed by atoms with van der Waals surface area (Å²) in [7, 11) is 0. The van der Waals surface area contributed by atoms with Crippen LogP contribution < -0.4 is 0 Å². The lowest BCUT2D eigenvalue weighted by Crippen LogP contribution is -2.03. The molecule has 0 fully saturated rings. The first-order chi connectivity index (χ1) is 11.6. The maximum Gasteiger partial charge on any atom is 0.201 e. The maximum absolute atomic E-state index is 14.0. The molecule has 0 saturated heterocycles. The van der Waals surface area contributed by atoms with Crippen LogP contribution in [-0.4, -0.2) is 29.5 Å². The summed E-state index contributed by atoms with van der Waals surface area (Å²) in [5, 5.41) is 6.85. The molecule has 0 aliphatic rings. The summed E-state index contributed by atoms with van der Waals surface area (Å²) in [5.41, 5.74) is 1.84. The molecule has 8 heteroatoms. The van der Waals surface area contributed by atoms with Crippen LogP contribution in [0.1, 0.15) is 17.1 Å². The van der Waals surface area contributed by atoms with Crippen molar-refractivity contribution in [1.82, 2.24) is 29.5 Å². The van der Waals surface area contributed by atoms with Crippen LogP contribution in [0.3, 0.4) is 0 Å². The molecule has 4 rings (SSSR count). The van der Waals surface area contributed by atoms with Crippen molar-refractivity contribution in [3.63, 3.8) is 0 Å². The number of aromatic nitrogens is 6. The largest absolute Gasteiger partial charge is 0.303 e. The highest BCUT2D eigenvalue weighted by Gasteiger charge is 2.14. The summed E-state index contributed by atoms with van der Waals surface area (Å²) in [6.45, 7) is 1.79. The lowest BCUT2D eigenvalue weighted by Gasteiger charge is -2.07. The second kappa shape index (κ2) is 5.48. The maximum atomic E-state index is 14.0. The molecular formula is C16H12F2N6. The van der Waals surface area contributed by atoms with Crippen LogP contribution >= 0.6 is 0 Å². The minimum Gasteiger partial charge on any atom is -0.303 e. The van der Waals surface area contributed by atoms with Crippen molar-refractivity contribution in [3.8, 4) is 11.5 Å². The predicted molar refractivity (Wildman–Crippen MR) is 82.3 cm³/mol. The van der Waals surface area contributed by atoms with Gasteiger partial charge >= 0.3 is 0 Å². The number of fused-ring (bicyclic) bond motifs is 1. The van der Waals surface area contributed by atoms with Crippen LogP contribution in [0.25, 0.3) is 17.2 Å². The Kier molecular flexibility index (Phi) is 3.30. The van der Waals surface area contributed by atoms with Gasteiger partial charge in [-0.2, -0.15) is 5.10 Å². The van der Waals surface area contributed by atoms with Crippen LogP contribution in [0.2, 0.25) is 0 Å². The molecule has 1 aromatic carbocycles. The Hall–Kier alpha value is -3.16. The van der Waals surface area contributed by atoms with Crippen LogP contribution in [0.15, 0.2) is 36.8 Å². The number of H-pyrrole nitrogens is 1. The molecule has 0 bridgehead atoms. The lowest BCUT2D eigenvalue weighted by molar-refractivity contribution is 0.588. The molecule has 4 aromatic rings. The first-order valence-electron chi connectivity index (χ1n) is 7.26. The van der Waals surface area contributed by atoms with E-state index in [-0.39, 0.29) is 12.0 Å². The summed E-state index contributed by atoms with van der Waals surface area (Å²) < 4.78 is 29.1. The lowest BCUT2D eigenvalue weighted by atomic mass is 10.1. The van der Waals surface area contributed by atoms with Gasteiger partial charge in [-0.15, -0.1) is 0 Å². The van der Waals surface area contributed by atoms with Crippen LogP contribution in [0, 0.1) is 18.6 Å². The van der Waals surface area contributed by atoms with E-state index in [1.54, 1.807) is 29.9 Å². The average Bonchev–Trinajstić information content (AvgIpc) is 3.19. The summed E-state index contributed by atoms with van der Waals surface area (Å²) in [5.74, 6) is 0.118. The van der Waals surface area contributed by atoms with E-state index in [9.17, 15) is 8.78 Å². The smallest absolute Gasteiger partial charge is 0.201 e. The molecule has 0 unspecified atom stereocenters.